The van der Waals surface area contributed by atoms with Crippen LogP contribution in [0.15, 0.2) is 36.4 Å². The van der Waals surface area contributed by atoms with Crippen LogP contribution >= 0.6 is 0 Å². The number of hydrogen-bond acceptors (Lipinski definition) is 6. The Labute approximate surface area is 193 Å². The van der Waals surface area contributed by atoms with Gasteiger partial charge in [0, 0.05) is 24.4 Å². The minimum atomic E-state index is -0.396. The molecule has 3 aromatic rings. The van der Waals surface area contributed by atoms with Crippen LogP contribution in [-0.2, 0) is 10.2 Å². The average molecular weight is 452 g/mol. The van der Waals surface area contributed by atoms with Gasteiger partial charge in [-0.1, -0.05) is 26.0 Å². The largest absolute Gasteiger partial charge is 0.497 e. The monoisotopic (exact) mass is 451 g/mol. The first-order chi connectivity index (χ1) is 15.5. The van der Waals surface area contributed by atoms with Gasteiger partial charge in [0.15, 0.2) is 5.69 Å². The number of amides is 2. The summed E-state index contributed by atoms with van der Waals surface area (Å²) in [5, 5.41) is 14.0. The van der Waals surface area contributed by atoms with E-state index in [1.54, 1.807) is 51.5 Å². The Kier molecular flexibility index (Phi) is 6.71. The van der Waals surface area contributed by atoms with Gasteiger partial charge in [-0.15, -0.1) is 5.10 Å². The van der Waals surface area contributed by atoms with Crippen LogP contribution in [0.4, 0.5) is 11.4 Å². The van der Waals surface area contributed by atoms with Crippen molar-refractivity contribution in [2.75, 3.05) is 24.9 Å². The van der Waals surface area contributed by atoms with Crippen LogP contribution in [0, 0.1) is 6.92 Å². The van der Waals surface area contributed by atoms with Gasteiger partial charge in [0.2, 0.25) is 5.91 Å². The molecule has 0 spiro atoms. The van der Waals surface area contributed by atoms with Gasteiger partial charge in [-0.3, -0.25) is 9.59 Å². The molecular weight excluding hydrogens is 422 g/mol. The highest BCUT2D eigenvalue weighted by molar-refractivity contribution is 6.04. The fourth-order valence-corrected chi connectivity index (χ4v) is 3.46. The van der Waals surface area contributed by atoms with Crippen LogP contribution < -0.4 is 20.1 Å². The molecule has 1 heterocycles. The van der Waals surface area contributed by atoms with E-state index >= 15 is 0 Å². The van der Waals surface area contributed by atoms with Gasteiger partial charge >= 0.3 is 0 Å². The molecule has 2 aromatic carbocycles. The van der Waals surface area contributed by atoms with Crippen LogP contribution in [0.2, 0.25) is 0 Å². The lowest BCUT2D eigenvalue weighted by Gasteiger charge is -2.24. The summed E-state index contributed by atoms with van der Waals surface area (Å²) in [7, 11) is 3.13. The van der Waals surface area contributed by atoms with E-state index in [0.717, 1.165) is 5.56 Å². The van der Waals surface area contributed by atoms with E-state index in [4.69, 9.17) is 9.47 Å². The number of nitrogens with zero attached hydrogens (tertiary/aromatic N) is 3. The van der Waals surface area contributed by atoms with Crippen molar-refractivity contribution in [3.05, 3.63) is 53.3 Å². The lowest BCUT2D eigenvalue weighted by molar-refractivity contribution is -0.114. The third-order valence-corrected chi connectivity index (χ3v) is 5.12. The first-order valence-corrected chi connectivity index (χ1v) is 10.4. The maximum absolute atomic E-state index is 13.0. The van der Waals surface area contributed by atoms with Gasteiger partial charge in [-0.2, -0.15) is 0 Å². The topological polar surface area (TPSA) is 107 Å². The predicted octanol–water partition coefficient (Wildman–Crippen LogP) is 4.10. The molecule has 3 rings (SSSR count). The standard InChI is InChI=1S/C24H29N5O4/c1-14-22(27-28-29(14)20-13-17(32-6)9-11-21(20)33-7)23(31)26-16-8-10-19(25-15(2)30)18(12-16)24(3,4)5/h8-13H,1-7H3,(H,25,30)(H,26,31). The Hall–Kier alpha value is -3.88. The molecule has 33 heavy (non-hydrogen) atoms. The third-order valence-electron chi connectivity index (χ3n) is 5.12. The maximum atomic E-state index is 13.0. The summed E-state index contributed by atoms with van der Waals surface area (Å²) < 4.78 is 12.3. The van der Waals surface area contributed by atoms with Crippen LogP contribution in [-0.4, -0.2) is 41.0 Å². The Morgan fingerprint density at radius 1 is 1.00 bits per heavy atom. The molecule has 0 radical (unpaired) electrons. The van der Waals surface area contributed by atoms with E-state index in [2.05, 4.69) is 20.9 Å². The zero-order valence-corrected chi connectivity index (χ0v) is 19.9. The number of nitrogens with one attached hydrogen (secondary N) is 2. The molecule has 9 nitrogen and oxygen atoms in total. The summed E-state index contributed by atoms with van der Waals surface area (Å²) in [6, 6.07) is 10.7. The number of methoxy groups -OCH3 is 2. The summed E-state index contributed by atoms with van der Waals surface area (Å²) >= 11 is 0. The van der Waals surface area contributed by atoms with Crippen molar-refractivity contribution in [3.8, 4) is 17.2 Å². The number of aromatic nitrogens is 3. The van der Waals surface area contributed by atoms with Gasteiger partial charge in [0.1, 0.15) is 17.2 Å². The molecule has 2 N–H and O–H groups in total. The van der Waals surface area contributed by atoms with Crippen LogP contribution in [0.5, 0.6) is 11.5 Å². The number of carbonyl (C=O) groups is 2. The number of hydrogen-bond donors (Lipinski definition) is 2. The third kappa shape index (κ3) is 5.14. The van der Waals surface area contributed by atoms with Gasteiger partial charge in [-0.25, -0.2) is 4.68 Å². The number of ether oxygens (including phenoxy) is 2. The van der Waals surface area contributed by atoms with Crippen molar-refractivity contribution >= 4 is 23.2 Å². The van der Waals surface area contributed by atoms with Crippen molar-refractivity contribution < 1.29 is 19.1 Å². The molecule has 2 amide bonds. The molecule has 0 atom stereocenters. The van der Waals surface area contributed by atoms with E-state index in [9.17, 15) is 9.59 Å². The fourth-order valence-electron chi connectivity index (χ4n) is 3.46. The number of rotatable bonds is 6. The van der Waals surface area contributed by atoms with E-state index in [1.807, 2.05) is 26.8 Å². The highest BCUT2D eigenvalue weighted by Gasteiger charge is 2.22. The highest BCUT2D eigenvalue weighted by Crippen LogP contribution is 2.32. The Morgan fingerprint density at radius 3 is 2.33 bits per heavy atom. The predicted molar refractivity (Wildman–Crippen MR) is 127 cm³/mol. The second-order valence-corrected chi connectivity index (χ2v) is 8.62. The summed E-state index contributed by atoms with van der Waals surface area (Å²) in [6.07, 6.45) is 0. The van der Waals surface area contributed by atoms with E-state index in [-0.39, 0.29) is 17.0 Å². The molecule has 0 unspecified atom stereocenters. The SMILES string of the molecule is COc1ccc(OC)c(-n2nnc(C(=O)Nc3ccc(NC(C)=O)c(C(C)(C)C)c3)c2C)c1. The van der Waals surface area contributed by atoms with Crippen molar-refractivity contribution in [2.24, 2.45) is 0 Å². The minimum absolute atomic E-state index is 0.155. The van der Waals surface area contributed by atoms with Crippen LogP contribution in [0.3, 0.4) is 0 Å². The molecular formula is C24H29N5O4. The molecule has 0 saturated carbocycles. The van der Waals surface area contributed by atoms with Gasteiger partial charge in [-0.05, 0) is 48.2 Å². The van der Waals surface area contributed by atoms with Crippen molar-refractivity contribution in [1.82, 2.24) is 15.0 Å². The van der Waals surface area contributed by atoms with Gasteiger partial charge in [0.05, 0.1) is 19.9 Å². The summed E-state index contributed by atoms with van der Waals surface area (Å²) in [4.78, 5) is 24.6. The molecule has 0 aliphatic carbocycles. The normalized spacial score (nSPS) is 11.1. The lowest BCUT2D eigenvalue weighted by Crippen LogP contribution is -2.19. The zero-order valence-electron chi connectivity index (χ0n) is 19.9. The first kappa shape index (κ1) is 23.8. The molecule has 0 aliphatic rings. The van der Waals surface area contributed by atoms with Crippen LogP contribution in [0.1, 0.15) is 49.4 Å². The second kappa shape index (κ2) is 9.32. The van der Waals surface area contributed by atoms with Crippen molar-refractivity contribution in [3.63, 3.8) is 0 Å². The molecule has 1 aromatic heterocycles. The van der Waals surface area contributed by atoms with E-state index in [0.29, 0.717) is 34.3 Å². The molecule has 0 saturated heterocycles. The summed E-state index contributed by atoms with van der Waals surface area (Å²) in [5.41, 5.74) is 3.29. The average Bonchev–Trinajstić information content (AvgIpc) is 3.14. The summed E-state index contributed by atoms with van der Waals surface area (Å²) in [5.74, 6) is 0.644. The van der Waals surface area contributed by atoms with E-state index < -0.39 is 5.91 Å². The van der Waals surface area contributed by atoms with Crippen molar-refractivity contribution in [1.29, 1.82) is 0 Å². The Morgan fingerprint density at radius 2 is 1.73 bits per heavy atom. The molecule has 0 fully saturated rings. The summed E-state index contributed by atoms with van der Waals surface area (Å²) in [6.45, 7) is 9.34. The van der Waals surface area contributed by atoms with Gasteiger partial charge < -0.3 is 20.1 Å². The minimum Gasteiger partial charge on any atom is -0.497 e. The van der Waals surface area contributed by atoms with E-state index in [1.165, 1.54) is 11.6 Å². The molecule has 0 aliphatic heterocycles. The molecule has 174 valence electrons. The highest BCUT2D eigenvalue weighted by atomic mass is 16.5. The number of benzene rings is 2. The zero-order chi connectivity index (χ0) is 24.3. The van der Waals surface area contributed by atoms with Crippen molar-refractivity contribution in [2.45, 2.75) is 40.0 Å². The molecule has 0 bridgehead atoms. The molecule has 9 heteroatoms. The lowest BCUT2D eigenvalue weighted by atomic mass is 9.85. The van der Waals surface area contributed by atoms with Crippen LogP contribution in [0.25, 0.3) is 5.69 Å². The second-order valence-electron chi connectivity index (χ2n) is 8.62. The maximum Gasteiger partial charge on any atom is 0.278 e. The Balaban J connectivity index is 1.93. The first-order valence-electron chi connectivity index (χ1n) is 10.4. The number of anilines is 2. The fraction of sp³-hybridized carbons (Fsp3) is 0.333. The Bertz CT molecular complexity index is 1190. The quantitative estimate of drug-likeness (QED) is 0.584. The van der Waals surface area contributed by atoms with Gasteiger partial charge in [0.25, 0.3) is 5.91 Å². The number of carbonyl (C=O) groups excluding carboxylic acids is 2. The smallest absolute Gasteiger partial charge is 0.278 e.